The number of ether oxygens (including phenoxy) is 2. The van der Waals surface area contributed by atoms with Gasteiger partial charge in [0, 0.05) is 23.5 Å². The molecular formula is C18H15N3O4. The van der Waals surface area contributed by atoms with Gasteiger partial charge in [0.15, 0.2) is 11.5 Å². The number of primary amides is 1. The maximum Gasteiger partial charge on any atom is 0.343 e. The molecule has 0 spiro atoms. The largest absolute Gasteiger partial charge is 0.493 e. The summed E-state index contributed by atoms with van der Waals surface area (Å²) in [6, 6.07) is 10.8. The van der Waals surface area contributed by atoms with Gasteiger partial charge < -0.3 is 20.5 Å². The molecule has 25 heavy (non-hydrogen) atoms. The smallest absolute Gasteiger partial charge is 0.343 e. The number of rotatable bonds is 4. The summed E-state index contributed by atoms with van der Waals surface area (Å²) in [5.74, 6) is 0.193. The van der Waals surface area contributed by atoms with Crippen LogP contribution in [0.2, 0.25) is 0 Å². The van der Waals surface area contributed by atoms with Crippen LogP contribution in [-0.2, 0) is 0 Å². The predicted octanol–water partition coefficient (Wildman–Crippen LogP) is 2.95. The zero-order valence-corrected chi connectivity index (χ0v) is 13.4. The molecule has 0 atom stereocenters. The number of carbonyl (C=O) groups is 2. The second-order valence-electron chi connectivity index (χ2n) is 5.18. The molecular weight excluding hydrogens is 322 g/mol. The zero-order valence-electron chi connectivity index (χ0n) is 13.4. The van der Waals surface area contributed by atoms with Gasteiger partial charge in [0.05, 0.1) is 12.7 Å². The maximum absolute atomic E-state index is 12.3. The Morgan fingerprint density at radius 3 is 2.44 bits per heavy atom. The Hall–Kier alpha value is -3.61. The molecule has 0 radical (unpaired) electrons. The number of amides is 2. The van der Waals surface area contributed by atoms with Crippen LogP contribution in [0.4, 0.5) is 10.5 Å². The normalized spacial score (nSPS) is 10.3. The number of hydrogen-bond acceptors (Lipinski definition) is 5. The van der Waals surface area contributed by atoms with Gasteiger partial charge in [-0.1, -0.05) is 0 Å². The zero-order chi connectivity index (χ0) is 17.8. The Balaban J connectivity index is 1.84. The fourth-order valence-electron chi connectivity index (χ4n) is 2.32. The second kappa shape index (κ2) is 6.88. The van der Waals surface area contributed by atoms with Gasteiger partial charge >= 0.3 is 12.0 Å². The molecule has 0 saturated carbocycles. The van der Waals surface area contributed by atoms with Crippen LogP contribution in [0.3, 0.4) is 0 Å². The average molecular weight is 337 g/mol. The molecule has 7 nitrogen and oxygen atoms in total. The molecule has 3 rings (SSSR count). The van der Waals surface area contributed by atoms with Gasteiger partial charge in [-0.15, -0.1) is 0 Å². The summed E-state index contributed by atoms with van der Waals surface area (Å²) < 4.78 is 10.7. The van der Waals surface area contributed by atoms with E-state index in [1.807, 2.05) is 6.07 Å². The summed E-state index contributed by atoms with van der Waals surface area (Å²) in [6.45, 7) is 0. The van der Waals surface area contributed by atoms with E-state index >= 15 is 0 Å². The van der Waals surface area contributed by atoms with E-state index < -0.39 is 12.0 Å². The minimum absolute atomic E-state index is 0.298. The van der Waals surface area contributed by atoms with Crippen molar-refractivity contribution in [2.24, 2.45) is 5.73 Å². The third kappa shape index (κ3) is 3.66. The van der Waals surface area contributed by atoms with Crippen molar-refractivity contribution in [2.75, 3.05) is 12.4 Å². The average Bonchev–Trinajstić information content (AvgIpc) is 2.61. The molecule has 126 valence electrons. The first-order valence-electron chi connectivity index (χ1n) is 7.37. The number of fused-ring (bicyclic) bond motifs is 1. The first-order chi connectivity index (χ1) is 12.1. The Bertz CT molecular complexity index is 939. The van der Waals surface area contributed by atoms with E-state index in [4.69, 9.17) is 15.2 Å². The van der Waals surface area contributed by atoms with Crippen molar-refractivity contribution in [2.45, 2.75) is 0 Å². The molecule has 0 unspecified atom stereocenters. The molecule has 2 aromatic carbocycles. The number of methoxy groups -OCH3 is 1. The summed E-state index contributed by atoms with van der Waals surface area (Å²) in [4.78, 5) is 27.2. The molecule has 0 aliphatic heterocycles. The Labute approximate surface area is 143 Å². The summed E-state index contributed by atoms with van der Waals surface area (Å²) in [6.07, 6.45) is 3.35. The molecule has 0 fully saturated rings. The van der Waals surface area contributed by atoms with E-state index in [2.05, 4.69) is 10.3 Å². The van der Waals surface area contributed by atoms with Crippen LogP contribution in [0.25, 0.3) is 10.8 Å². The molecule has 0 aliphatic carbocycles. The quantitative estimate of drug-likeness (QED) is 0.563. The SMILES string of the molecule is COc1cc2ccncc2cc1OC(=O)c1ccc(NC(N)=O)cc1. The number of nitrogens with zero attached hydrogens (tertiary/aromatic N) is 1. The summed E-state index contributed by atoms with van der Waals surface area (Å²) >= 11 is 0. The Morgan fingerprint density at radius 2 is 1.76 bits per heavy atom. The predicted molar refractivity (Wildman–Crippen MR) is 92.9 cm³/mol. The number of anilines is 1. The molecule has 1 aromatic heterocycles. The number of benzene rings is 2. The fourth-order valence-corrected chi connectivity index (χ4v) is 2.32. The molecule has 0 bridgehead atoms. The van der Waals surface area contributed by atoms with Crippen molar-refractivity contribution in [3.63, 3.8) is 0 Å². The minimum atomic E-state index is -0.676. The van der Waals surface area contributed by atoms with Crippen molar-refractivity contribution in [3.8, 4) is 11.5 Å². The molecule has 0 saturated heterocycles. The molecule has 3 N–H and O–H groups in total. The summed E-state index contributed by atoms with van der Waals surface area (Å²) in [5, 5.41) is 4.17. The van der Waals surface area contributed by atoms with E-state index in [-0.39, 0.29) is 0 Å². The van der Waals surface area contributed by atoms with E-state index in [0.717, 1.165) is 10.8 Å². The Morgan fingerprint density at radius 1 is 1.04 bits per heavy atom. The number of nitrogens with two attached hydrogens (primary N) is 1. The van der Waals surface area contributed by atoms with Crippen LogP contribution >= 0.6 is 0 Å². The molecule has 1 heterocycles. The van der Waals surface area contributed by atoms with Crippen LogP contribution in [0.1, 0.15) is 10.4 Å². The van der Waals surface area contributed by atoms with Gasteiger partial charge in [0.2, 0.25) is 0 Å². The van der Waals surface area contributed by atoms with E-state index in [0.29, 0.717) is 22.7 Å². The number of aromatic nitrogens is 1. The van der Waals surface area contributed by atoms with Gasteiger partial charge in [-0.3, -0.25) is 4.98 Å². The Kier molecular flexibility index (Phi) is 4.47. The van der Waals surface area contributed by atoms with Crippen LogP contribution in [0, 0.1) is 0 Å². The van der Waals surface area contributed by atoms with Crippen LogP contribution < -0.4 is 20.5 Å². The van der Waals surface area contributed by atoms with Crippen molar-refractivity contribution >= 4 is 28.5 Å². The first-order valence-corrected chi connectivity index (χ1v) is 7.37. The molecule has 0 aliphatic rings. The topological polar surface area (TPSA) is 104 Å². The van der Waals surface area contributed by atoms with Crippen LogP contribution in [0.15, 0.2) is 54.9 Å². The lowest BCUT2D eigenvalue weighted by molar-refractivity contribution is 0.0730. The van der Waals surface area contributed by atoms with Gasteiger partial charge in [-0.05, 0) is 47.9 Å². The van der Waals surface area contributed by atoms with Crippen molar-refractivity contribution in [3.05, 3.63) is 60.4 Å². The fraction of sp³-hybridized carbons (Fsp3) is 0.0556. The van der Waals surface area contributed by atoms with Gasteiger partial charge in [-0.2, -0.15) is 0 Å². The lowest BCUT2D eigenvalue weighted by Crippen LogP contribution is -2.19. The van der Waals surface area contributed by atoms with Crippen molar-refractivity contribution < 1.29 is 19.1 Å². The summed E-state index contributed by atoms with van der Waals surface area (Å²) in [7, 11) is 1.50. The van der Waals surface area contributed by atoms with Crippen molar-refractivity contribution in [1.29, 1.82) is 0 Å². The number of carbonyl (C=O) groups excluding carboxylic acids is 2. The standard InChI is InChI=1S/C18H15N3O4/c1-24-15-8-12-6-7-20-10-13(12)9-16(15)25-17(22)11-2-4-14(5-3-11)21-18(19)23/h2-10H,1H3,(H3,19,21,23). The van der Waals surface area contributed by atoms with Gasteiger partial charge in [0.25, 0.3) is 0 Å². The highest BCUT2D eigenvalue weighted by molar-refractivity contribution is 5.94. The van der Waals surface area contributed by atoms with Crippen LogP contribution in [0.5, 0.6) is 11.5 Å². The molecule has 7 heteroatoms. The number of esters is 1. The highest BCUT2D eigenvalue weighted by Crippen LogP contribution is 2.32. The highest BCUT2D eigenvalue weighted by Gasteiger charge is 2.14. The lowest BCUT2D eigenvalue weighted by atomic mass is 10.1. The van der Waals surface area contributed by atoms with E-state index in [1.54, 1.807) is 36.7 Å². The highest BCUT2D eigenvalue weighted by atomic mass is 16.6. The van der Waals surface area contributed by atoms with Gasteiger partial charge in [0.1, 0.15) is 0 Å². The number of nitrogens with one attached hydrogen (secondary N) is 1. The number of pyridine rings is 1. The third-order valence-electron chi connectivity index (χ3n) is 3.51. The minimum Gasteiger partial charge on any atom is -0.493 e. The first kappa shape index (κ1) is 16.3. The van der Waals surface area contributed by atoms with E-state index in [1.165, 1.54) is 19.2 Å². The third-order valence-corrected chi connectivity index (χ3v) is 3.51. The monoisotopic (exact) mass is 337 g/mol. The number of hydrogen-bond donors (Lipinski definition) is 2. The van der Waals surface area contributed by atoms with Crippen molar-refractivity contribution in [1.82, 2.24) is 4.98 Å². The number of urea groups is 1. The van der Waals surface area contributed by atoms with Crippen LogP contribution in [-0.4, -0.2) is 24.1 Å². The van der Waals surface area contributed by atoms with E-state index in [9.17, 15) is 9.59 Å². The maximum atomic E-state index is 12.3. The summed E-state index contributed by atoms with van der Waals surface area (Å²) in [5.41, 5.74) is 5.85. The molecule has 3 aromatic rings. The van der Waals surface area contributed by atoms with Gasteiger partial charge in [-0.25, -0.2) is 9.59 Å². The lowest BCUT2D eigenvalue weighted by Gasteiger charge is -2.11. The molecule has 2 amide bonds. The second-order valence-corrected chi connectivity index (χ2v) is 5.18.